The summed E-state index contributed by atoms with van der Waals surface area (Å²) >= 11 is 6.01. The van der Waals surface area contributed by atoms with Crippen molar-refractivity contribution < 1.29 is 14.8 Å². The molecule has 0 spiro atoms. The molecule has 1 aromatic rings. The molecule has 1 aliphatic rings. The van der Waals surface area contributed by atoms with Crippen LogP contribution in [-0.4, -0.2) is 39.5 Å². The summed E-state index contributed by atoms with van der Waals surface area (Å²) in [7, 11) is 0. The first-order valence-corrected chi connectivity index (χ1v) is 7.21. The number of aliphatic hydroxyl groups excluding tert-OH is 1. The van der Waals surface area contributed by atoms with Gasteiger partial charge in [0.2, 0.25) is 0 Å². The summed E-state index contributed by atoms with van der Waals surface area (Å²) in [4.78, 5) is 24.5. The van der Waals surface area contributed by atoms with Crippen LogP contribution in [0.25, 0.3) is 0 Å². The molecule has 1 aromatic carbocycles. The molecule has 0 bridgehead atoms. The highest BCUT2D eigenvalue weighted by molar-refractivity contribution is 6.33. The van der Waals surface area contributed by atoms with E-state index < -0.39 is 11.0 Å². The lowest BCUT2D eigenvalue weighted by Crippen LogP contribution is -2.37. The summed E-state index contributed by atoms with van der Waals surface area (Å²) in [5.74, 6) is -0.313. The van der Waals surface area contributed by atoms with Gasteiger partial charge in [0.15, 0.2) is 0 Å². The second-order valence-electron chi connectivity index (χ2n) is 5.30. The Hall–Kier alpha value is -1.66. The number of carbonyl (C=O) groups is 1. The van der Waals surface area contributed by atoms with Gasteiger partial charge in [0.25, 0.3) is 11.6 Å². The van der Waals surface area contributed by atoms with E-state index in [0.717, 1.165) is 12.8 Å². The van der Waals surface area contributed by atoms with Crippen LogP contribution >= 0.6 is 11.6 Å². The Kier molecular flexibility index (Phi) is 4.80. The molecular formula is C14H17ClN2O4. The van der Waals surface area contributed by atoms with Crippen molar-refractivity contribution in [1.29, 1.82) is 0 Å². The molecule has 1 amide bonds. The zero-order valence-corrected chi connectivity index (χ0v) is 12.4. The fraction of sp³-hybridized carbons (Fsp3) is 0.500. The Bertz CT molecular complexity index is 562. The van der Waals surface area contributed by atoms with Crippen LogP contribution in [0.5, 0.6) is 0 Å². The molecule has 1 saturated heterocycles. The van der Waals surface area contributed by atoms with Gasteiger partial charge in [0.05, 0.1) is 21.6 Å². The summed E-state index contributed by atoms with van der Waals surface area (Å²) < 4.78 is 0. The number of nitro benzene ring substituents is 1. The number of hydrogen-bond donors (Lipinski definition) is 1. The van der Waals surface area contributed by atoms with Crippen LogP contribution in [0.3, 0.4) is 0 Å². The average Bonchev–Trinajstić information content (AvgIpc) is 2.85. The van der Waals surface area contributed by atoms with Crippen molar-refractivity contribution in [2.45, 2.75) is 38.3 Å². The van der Waals surface area contributed by atoms with Gasteiger partial charge in [0.1, 0.15) is 0 Å². The third-order valence-corrected chi connectivity index (χ3v) is 3.97. The summed E-state index contributed by atoms with van der Waals surface area (Å²) in [6, 6.07) is 3.80. The Labute approximate surface area is 127 Å². The maximum atomic E-state index is 12.6. The number of aliphatic hydroxyl groups is 1. The molecule has 1 N–H and O–H groups in total. The van der Waals surface area contributed by atoms with Crippen LogP contribution in [0.2, 0.25) is 5.02 Å². The predicted octanol–water partition coefficient (Wildman–Crippen LogP) is 2.62. The Morgan fingerprint density at radius 2 is 2.33 bits per heavy atom. The van der Waals surface area contributed by atoms with Gasteiger partial charge in [-0.05, 0) is 32.3 Å². The van der Waals surface area contributed by atoms with E-state index in [0.29, 0.717) is 13.0 Å². The lowest BCUT2D eigenvalue weighted by Gasteiger charge is -2.26. The summed E-state index contributed by atoms with van der Waals surface area (Å²) in [5, 5.41) is 20.5. The van der Waals surface area contributed by atoms with Gasteiger partial charge in [0, 0.05) is 24.7 Å². The van der Waals surface area contributed by atoms with E-state index in [9.17, 15) is 20.0 Å². The first kappa shape index (κ1) is 15.7. The standard InChI is InChI=1S/C14H17ClN2O4/c1-9(18)7-10-3-2-6-16(10)14(19)12-8-11(17(20)21)4-5-13(12)15/h4-5,8-10,18H,2-3,6-7H2,1H3. The minimum atomic E-state index is -0.551. The molecule has 2 rings (SSSR count). The first-order valence-electron chi connectivity index (χ1n) is 6.83. The monoisotopic (exact) mass is 312 g/mol. The van der Waals surface area contributed by atoms with Crippen molar-refractivity contribution in [3.8, 4) is 0 Å². The topological polar surface area (TPSA) is 83.7 Å². The maximum Gasteiger partial charge on any atom is 0.270 e. The Morgan fingerprint density at radius 1 is 1.62 bits per heavy atom. The minimum Gasteiger partial charge on any atom is -0.393 e. The fourth-order valence-electron chi connectivity index (χ4n) is 2.69. The third kappa shape index (κ3) is 3.51. The van der Waals surface area contributed by atoms with E-state index in [2.05, 4.69) is 0 Å². The summed E-state index contributed by atoms with van der Waals surface area (Å²) in [6.07, 6.45) is 1.68. The number of non-ortho nitro benzene ring substituents is 1. The zero-order valence-electron chi connectivity index (χ0n) is 11.7. The van der Waals surface area contributed by atoms with E-state index in [-0.39, 0.29) is 28.2 Å². The van der Waals surface area contributed by atoms with Gasteiger partial charge >= 0.3 is 0 Å². The number of nitrogens with zero attached hydrogens (tertiary/aromatic N) is 2. The maximum absolute atomic E-state index is 12.6. The number of halogens is 1. The van der Waals surface area contributed by atoms with E-state index in [1.165, 1.54) is 18.2 Å². The molecule has 114 valence electrons. The molecule has 1 fully saturated rings. The van der Waals surface area contributed by atoms with Gasteiger partial charge in [-0.15, -0.1) is 0 Å². The lowest BCUT2D eigenvalue weighted by molar-refractivity contribution is -0.384. The Morgan fingerprint density at radius 3 is 2.95 bits per heavy atom. The Balaban J connectivity index is 2.26. The molecule has 1 aliphatic heterocycles. The van der Waals surface area contributed by atoms with Crippen LogP contribution in [0.15, 0.2) is 18.2 Å². The minimum absolute atomic E-state index is 0.0483. The van der Waals surface area contributed by atoms with Gasteiger partial charge in [-0.2, -0.15) is 0 Å². The van der Waals surface area contributed by atoms with Crippen LogP contribution in [0.4, 0.5) is 5.69 Å². The smallest absolute Gasteiger partial charge is 0.270 e. The highest BCUT2D eigenvalue weighted by Crippen LogP contribution is 2.28. The highest BCUT2D eigenvalue weighted by Gasteiger charge is 2.31. The quantitative estimate of drug-likeness (QED) is 0.684. The van der Waals surface area contributed by atoms with Crippen molar-refractivity contribution in [2.24, 2.45) is 0 Å². The molecular weight excluding hydrogens is 296 g/mol. The number of amides is 1. The highest BCUT2D eigenvalue weighted by atomic mass is 35.5. The van der Waals surface area contributed by atoms with Crippen molar-refractivity contribution in [3.63, 3.8) is 0 Å². The normalized spacial score (nSPS) is 19.6. The zero-order chi connectivity index (χ0) is 15.6. The second kappa shape index (κ2) is 6.41. The largest absolute Gasteiger partial charge is 0.393 e. The van der Waals surface area contributed by atoms with E-state index in [1.807, 2.05) is 0 Å². The number of nitro groups is 1. The van der Waals surface area contributed by atoms with Crippen molar-refractivity contribution in [3.05, 3.63) is 38.9 Å². The van der Waals surface area contributed by atoms with Crippen LogP contribution in [0.1, 0.15) is 36.5 Å². The molecule has 1 heterocycles. The molecule has 2 unspecified atom stereocenters. The summed E-state index contributed by atoms with van der Waals surface area (Å²) in [6.45, 7) is 2.26. The molecule has 0 aromatic heterocycles. The van der Waals surface area contributed by atoms with E-state index in [1.54, 1.807) is 11.8 Å². The molecule has 0 radical (unpaired) electrons. The number of rotatable bonds is 4. The molecule has 0 aliphatic carbocycles. The van der Waals surface area contributed by atoms with Gasteiger partial charge in [-0.25, -0.2) is 0 Å². The number of hydrogen-bond acceptors (Lipinski definition) is 4. The first-order chi connectivity index (χ1) is 9.90. The summed E-state index contributed by atoms with van der Waals surface area (Å²) in [5.41, 5.74) is -0.0163. The molecule has 0 saturated carbocycles. The van der Waals surface area contributed by atoms with Gasteiger partial charge in [-0.3, -0.25) is 14.9 Å². The van der Waals surface area contributed by atoms with Crippen molar-refractivity contribution >= 4 is 23.2 Å². The van der Waals surface area contributed by atoms with Crippen LogP contribution < -0.4 is 0 Å². The van der Waals surface area contributed by atoms with E-state index >= 15 is 0 Å². The second-order valence-corrected chi connectivity index (χ2v) is 5.71. The molecule has 7 heteroatoms. The van der Waals surface area contributed by atoms with Crippen molar-refractivity contribution in [1.82, 2.24) is 4.90 Å². The van der Waals surface area contributed by atoms with E-state index in [4.69, 9.17) is 11.6 Å². The third-order valence-electron chi connectivity index (χ3n) is 3.64. The van der Waals surface area contributed by atoms with Crippen LogP contribution in [0, 0.1) is 10.1 Å². The number of benzene rings is 1. The lowest BCUT2D eigenvalue weighted by atomic mass is 10.1. The van der Waals surface area contributed by atoms with Gasteiger partial charge in [-0.1, -0.05) is 11.6 Å². The van der Waals surface area contributed by atoms with Gasteiger partial charge < -0.3 is 10.0 Å². The predicted molar refractivity (Wildman–Crippen MR) is 78.5 cm³/mol. The fourth-order valence-corrected chi connectivity index (χ4v) is 2.89. The molecule has 21 heavy (non-hydrogen) atoms. The number of carbonyl (C=O) groups excluding carboxylic acids is 1. The van der Waals surface area contributed by atoms with Crippen LogP contribution in [-0.2, 0) is 0 Å². The van der Waals surface area contributed by atoms with Crippen molar-refractivity contribution in [2.75, 3.05) is 6.54 Å². The molecule has 6 nitrogen and oxygen atoms in total. The number of likely N-dealkylation sites (tertiary alicyclic amines) is 1. The molecule has 2 atom stereocenters. The SMILES string of the molecule is CC(O)CC1CCCN1C(=O)c1cc([N+](=O)[O-])ccc1Cl. The average molecular weight is 313 g/mol.